The Morgan fingerprint density at radius 3 is 2.71 bits per heavy atom. The summed E-state index contributed by atoms with van der Waals surface area (Å²) in [5.74, 6) is 1.64. The molecule has 1 aromatic heterocycles. The zero-order valence-corrected chi connectivity index (χ0v) is 9.22. The lowest BCUT2D eigenvalue weighted by molar-refractivity contribution is 0.745. The zero-order valence-electron chi connectivity index (χ0n) is 8.46. The number of nitrogens with one attached hydrogen (secondary N) is 1. The van der Waals surface area contributed by atoms with Gasteiger partial charge < -0.3 is 5.32 Å². The minimum atomic E-state index is 0.754. The van der Waals surface area contributed by atoms with Gasteiger partial charge in [0, 0.05) is 24.8 Å². The van der Waals surface area contributed by atoms with Gasteiger partial charge in [0.15, 0.2) is 0 Å². The molecule has 0 atom stereocenters. The zero-order chi connectivity index (χ0) is 10.2. The molecular formula is C10H16ClN3. The lowest BCUT2D eigenvalue weighted by atomic mass is 10.2. The highest BCUT2D eigenvalue weighted by Crippen LogP contribution is 2.06. The summed E-state index contributed by atoms with van der Waals surface area (Å²) in [7, 11) is 0. The average molecular weight is 214 g/mol. The number of halogens is 1. The predicted molar refractivity (Wildman–Crippen MR) is 59.8 cm³/mol. The van der Waals surface area contributed by atoms with Crippen molar-refractivity contribution < 1.29 is 0 Å². The van der Waals surface area contributed by atoms with Crippen LogP contribution in [0.25, 0.3) is 0 Å². The molecule has 0 saturated carbocycles. The van der Waals surface area contributed by atoms with E-state index >= 15 is 0 Å². The van der Waals surface area contributed by atoms with Crippen LogP contribution >= 0.6 is 11.6 Å². The van der Waals surface area contributed by atoms with Crippen LogP contribution in [0.15, 0.2) is 12.4 Å². The van der Waals surface area contributed by atoms with Crippen molar-refractivity contribution in [3.05, 3.63) is 18.1 Å². The number of aryl methyl sites for hydroxylation is 1. The topological polar surface area (TPSA) is 37.8 Å². The van der Waals surface area contributed by atoms with Gasteiger partial charge in [0.1, 0.15) is 5.82 Å². The quantitative estimate of drug-likeness (QED) is 0.583. The summed E-state index contributed by atoms with van der Waals surface area (Å²) in [6.07, 6.45) is 6.78. The highest BCUT2D eigenvalue weighted by molar-refractivity contribution is 6.17. The van der Waals surface area contributed by atoms with Crippen LogP contribution in [-0.4, -0.2) is 22.4 Å². The molecule has 1 rings (SSSR count). The number of hydrogen-bond donors (Lipinski definition) is 1. The van der Waals surface area contributed by atoms with Gasteiger partial charge in [-0.3, -0.25) is 4.98 Å². The van der Waals surface area contributed by atoms with Crippen molar-refractivity contribution in [3.8, 4) is 0 Å². The second-order valence-corrected chi connectivity index (χ2v) is 3.54. The molecule has 1 aromatic rings. The van der Waals surface area contributed by atoms with Crippen LogP contribution in [0.3, 0.4) is 0 Å². The van der Waals surface area contributed by atoms with Gasteiger partial charge in [-0.15, -0.1) is 11.6 Å². The van der Waals surface area contributed by atoms with Crippen molar-refractivity contribution >= 4 is 17.4 Å². The van der Waals surface area contributed by atoms with Crippen molar-refractivity contribution in [1.82, 2.24) is 9.97 Å². The third kappa shape index (κ3) is 3.92. The van der Waals surface area contributed by atoms with Gasteiger partial charge in [0.2, 0.25) is 0 Å². The molecule has 0 spiro atoms. The minimum Gasteiger partial charge on any atom is -0.369 e. The Balaban J connectivity index is 2.21. The summed E-state index contributed by atoms with van der Waals surface area (Å²) >= 11 is 5.58. The highest BCUT2D eigenvalue weighted by Gasteiger charge is 1.97. The Bertz CT molecular complexity index is 265. The summed E-state index contributed by atoms with van der Waals surface area (Å²) in [6, 6.07) is 0. The first-order valence-corrected chi connectivity index (χ1v) is 5.45. The van der Waals surface area contributed by atoms with Gasteiger partial charge in [0.25, 0.3) is 0 Å². The van der Waals surface area contributed by atoms with E-state index in [9.17, 15) is 0 Å². The van der Waals surface area contributed by atoms with Gasteiger partial charge in [-0.2, -0.15) is 0 Å². The van der Waals surface area contributed by atoms with Crippen molar-refractivity contribution in [3.63, 3.8) is 0 Å². The van der Waals surface area contributed by atoms with Crippen LogP contribution < -0.4 is 5.32 Å². The SMILES string of the molecule is Cc1nccnc1NCCCCCCl. The highest BCUT2D eigenvalue weighted by atomic mass is 35.5. The van der Waals surface area contributed by atoms with Crippen molar-refractivity contribution in [2.75, 3.05) is 17.7 Å². The third-order valence-electron chi connectivity index (χ3n) is 1.98. The van der Waals surface area contributed by atoms with Gasteiger partial charge in [-0.25, -0.2) is 4.98 Å². The summed E-state index contributed by atoms with van der Waals surface area (Å²) in [6.45, 7) is 2.89. The van der Waals surface area contributed by atoms with Crippen LogP contribution in [0.5, 0.6) is 0 Å². The van der Waals surface area contributed by atoms with Gasteiger partial charge >= 0.3 is 0 Å². The summed E-state index contributed by atoms with van der Waals surface area (Å²) in [5, 5.41) is 3.26. The molecule has 0 amide bonds. The van der Waals surface area contributed by atoms with Crippen LogP contribution in [-0.2, 0) is 0 Å². The van der Waals surface area contributed by atoms with Crippen LogP contribution in [0.1, 0.15) is 25.0 Å². The number of alkyl halides is 1. The van der Waals surface area contributed by atoms with E-state index < -0.39 is 0 Å². The molecule has 0 saturated heterocycles. The largest absolute Gasteiger partial charge is 0.369 e. The Labute approximate surface area is 89.9 Å². The number of unbranched alkanes of at least 4 members (excludes halogenated alkanes) is 2. The number of hydrogen-bond acceptors (Lipinski definition) is 3. The second kappa shape index (κ2) is 6.60. The van der Waals surface area contributed by atoms with E-state index in [1.54, 1.807) is 12.4 Å². The lowest BCUT2D eigenvalue weighted by Gasteiger charge is -2.06. The van der Waals surface area contributed by atoms with E-state index in [0.717, 1.165) is 43.2 Å². The summed E-state index contributed by atoms with van der Waals surface area (Å²) in [5.41, 5.74) is 0.949. The molecule has 0 aromatic carbocycles. The minimum absolute atomic E-state index is 0.754. The Morgan fingerprint density at radius 2 is 2.00 bits per heavy atom. The smallest absolute Gasteiger partial charge is 0.147 e. The van der Waals surface area contributed by atoms with E-state index in [1.165, 1.54) is 0 Å². The first-order valence-electron chi connectivity index (χ1n) is 4.92. The molecule has 0 radical (unpaired) electrons. The predicted octanol–water partition coefficient (Wildman–Crippen LogP) is 2.61. The molecule has 0 aliphatic heterocycles. The summed E-state index contributed by atoms with van der Waals surface area (Å²) in [4.78, 5) is 8.34. The van der Waals surface area contributed by atoms with Crippen LogP contribution in [0.4, 0.5) is 5.82 Å². The average Bonchev–Trinajstić information content (AvgIpc) is 2.20. The Kier molecular flexibility index (Phi) is 5.30. The molecule has 0 fully saturated rings. The maximum absolute atomic E-state index is 5.58. The molecule has 4 heteroatoms. The van der Waals surface area contributed by atoms with Crippen molar-refractivity contribution in [2.45, 2.75) is 26.2 Å². The Hall–Kier alpha value is -0.830. The molecule has 0 aliphatic carbocycles. The first-order chi connectivity index (χ1) is 6.84. The monoisotopic (exact) mass is 213 g/mol. The number of nitrogens with zero attached hydrogens (tertiary/aromatic N) is 2. The van der Waals surface area contributed by atoms with E-state index in [4.69, 9.17) is 11.6 Å². The molecule has 78 valence electrons. The molecule has 1 heterocycles. The third-order valence-corrected chi connectivity index (χ3v) is 2.25. The van der Waals surface area contributed by atoms with E-state index in [-0.39, 0.29) is 0 Å². The maximum Gasteiger partial charge on any atom is 0.147 e. The van der Waals surface area contributed by atoms with Gasteiger partial charge in [-0.05, 0) is 19.8 Å². The molecule has 0 aliphatic rings. The van der Waals surface area contributed by atoms with Gasteiger partial charge in [-0.1, -0.05) is 6.42 Å². The number of anilines is 1. The molecule has 3 nitrogen and oxygen atoms in total. The standard InChI is InChI=1S/C10H16ClN3/c1-9-10(14-8-7-12-9)13-6-4-2-3-5-11/h7-8H,2-6H2,1H3,(H,13,14). The fourth-order valence-electron chi connectivity index (χ4n) is 1.18. The fraction of sp³-hybridized carbons (Fsp3) is 0.600. The number of rotatable bonds is 6. The van der Waals surface area contributed by atoms with Crippen LogP contribution in [0.2, 0.25) is 0 Å². The van der Waals surface area contributed by atoms with Crippen molar-refractivity contribution in [2.24, 2.45) is 0 Å². The van der Waals surface area contributed by atoms with Gasteiger partial charge in [0.05, 0.1) is 5.69 Å². The molecular weight excluding hydrogens is 198 g/mol. The maximum atomic E-state index is 5.58. The normalized spacial score (nSPS) is 10.1. The fourth-order valence-corrected chi connectivity index (χ4v) is 1.37. The van der Waals surface area contributed by atoms with E-state index in [2.05, 4.69) is 15.3 Å². The molecule has 0 unspecified atom stereocenters. The molecule has 14 heavy (non-hydrogen) atoms. The van der Waals surface area contributed by atoms with E-state index in [0.29, 0.717) is 0 Å². The lowest BCUT2D eigenvalue weighted by Crippen LogP contribution is -2.05. The first kappa shape index (κ1) is 11.2. The second-order valence-electron chi connectivity index (χ2n) is 3.17. The molecule has 1 N–H and O–H groups in total. The van der Waals surface area contributed by atoms with E-state index in [1.807, 2.05) is 6.92 Å². The summed E-state index contributed by atoms with van der Waals surface area (Å²) < 4.78 is 0. The molecule has 0 bridgehead atoms. The Morgan fingerprint density at radius 1 is 1.21 bits per heavy atom. The van der Waals surface area contributed by atoms with Crippen molar-refractivity contribution in [1.29, 1.82) is 0 Å². The van der Waals surface area contributed by atoms with Crippen LogP contribution in [0, 0.1) is 6.92 Å². The number of aromatic nitrogens is 2.